The van der Waals surface area contributed by atoms with Crippen LogP contribution in [0.1, 0.15) is 18.1 Å². The summed E-state index contributed by atoms with van der Waals surface area (Å²) in [6.07, 6.45) is 0.996. The smallest absolute Gasteiger partial charge is 0.182 e. The van der Waals surface area contributed by atoms with Crippen molar-refractivity contribution in [3.8, 4) is 11.4 Å². The molecule has 0 radical (unpaired) electrons. The molecule has 2 aromatic carbocycles. The highest BCUT2D eigenvalue weighted by molar-refractivity contribution is 5.58. The summed E-state index contributed by atoms with van der Waals surface area (Å²) in [5.41, 5.74) is 9.97. The summed E-state index contributed by atoms with van der Waals surface area (Å²) in [4.78, 5) is 0. The van der Waals surface area contributed by atoms with Gasteiger partial charge in [-0.3, -0.25) is 0 Å². The molecular weight excluding hydrogens is 262 g/mol. The molecule has 1 heterocycles. The van der Waals surface area contributed by atoms with E-state index in [4.69, 9.17) is 5.73 Å². The zero-order valence-electron chi connectivity index (χ0n) is 11.9. The van der Waals surface area contributed by atoms with Gasteiger partial charge < -0.3 is 5.73 Å². The topological polar surface area (TPSA) is 69.6 Å². The Morgan fingerprint density at radius 2 is 1.71 bits per heavy atom. The molecule has 0 atom stereocenters. The molecule has 0 spiro atoms. The summed E-state index contributed by atoms with van der Waals surface area (Å²) < 4.78 is 1.82. The lowest BCUT2D eigenvalue weighted by Crippen LogP contribution is -2.06. The molecule has 1 aromatic heterocycles. The third-order valence-electron chi connectivity index (χ3n) is 3.52. The Morgan fingerprint density at radius 1 is 1.00 bits per heavy atom. The molecule has 0 aliphatic heterocycles. The summed E-state index contributed by atoms with van der Waals surface area (Å²) >= 11 is 0. The largest absolute Gasteiger partial charge is 0.399 e. The molecule has 3 rings (SSSR count). The van der Waals surface area contributed by atoms with E-state index in [-0.39, 0.29) is 0 Å². The lowest BCUT2D eigenvalue weighted by molar-refractivity contribution is 0.649. The summed E-state index contributed by atoms with van der Waals surface area (Å²) in [5, 5.41) is 12.0. The van der Waals surface area contributed by atoms with Crippen LogP contribution in [0.2, 0.25) is 0 Å². The Labute approximate surface area is 123 Å². The Kier molecular flexibility index (Phi) is 3.64. The van der Waals surface area contributed by atoms with Crippen molar-refractivity contribution in [1.82, 2.24) is 20.2 Å². The van der Waals surface area contributed by atoms with E-state index in [1.165, 1.54) is 11.1 Å². The lowest BCUT2D eigenvalue weighted by Gasteiger charge is -2.09. The van der Waals surface area contributed by atoms with Gasteiger partial charge in [-0.2, -0.15) is 0 Å². The first kappa shape index (κ1) is 13.3. The van der Waals surface area contributed by atoms with Crippen molar-refractivity contribution in [2.75, 3.05) is 5.73 Å². The molecule has 3 aromatic rings. The van der Waals surface area contributed by atoms with Crippen LogP contribution in [-0.2, 0) is 13.0 Å². The number of benzene rings is 2. The quantitative estimate of drug-likeness (QED) is 0.745. The minimum Gasteiger partial charge on any atom is -0.399 e. The fourth-order valence-electron chi connectivity index (χ4n) is 2.37. The van der Waals surface area contributed by atoms with Gasteiger partial charge in [0.25, 0.3) is 0 Å². The van der Waals surface area contributed by atoms with Gasteiger partial charge in [-0.1, -0.05) is 31.2 Å². The van der Waals surface area contributed by atoms with Crippen LogP contribution in [0.15, 0.2) is 48.5 Å². The zero-order chi connectivity index (χ0) is 14.7. The van der Waals surface area contributed by atoms with Crippen LogP contribution in [0.3, 0.4) is 0 Å². The van der Waals surface area contributed by atoms with Gasteiger partial charge in [-0.15, -0.1) is 5.10 Å². The maximum Gasteiger partial charge on any atom is 0.182 e. The van der Waals surface area contributed by atoms with Crippen molar-refractivity contribution >= 4 is 5.69 Å². The number of hydrogen-bond acceptors (Lipinski definition) is 4. The molecule has 0 amide bonds. The SMILES string of the molecule is CCc1ccccc1Cn1nnnc1-c1ccc(N)cc1. The number of aromatic nitrogens is 4. The monoisotopic (exact) mass is 279 g/mol. The molecule has 0 saturated heterocycles. The first-order valence-electron chi connectivity index (χ1n) is 6.97. The number of aryl methyl sites for hydroxylation is 1. The van der Waals surface area contributed by atoms with Crippen molar-refractivity contribution in [2.24, 2.45) is 0 Å². The van der Waals surface area contributed by atoms with E-state index in [1.54, 1.807) is 0 Å². The molecule has 0 bridgehead atoms. The Bertz CT molecular complexity index is 730. The molecule has 2 N–H and O–H groups in total. The minimum atomic E-state index is 0.663. The number of nitrogens with two attached hydrogens (primary N) is 1. The average molecular weight is 279 g/mol. The summed E-state index contributed by atoms with van der Waals surface area (Å²) in [6.45, 7) is 2.82. The van der Waals surface area contributed by atoms with Gasteiger partial charge in [0.2, 0.25) is 0 Å². The summed E-state index contributed by atoms with van der Waals surface area (Å²) in [5.74, 6) is 0.751. The third kappa shape index (κ3) is 2.76. The van der Waals surface area contributed by atoms with Crippen molar-refractivity contribution in [3.05, 3.63) is 59.7 Å². The lowest BCUT2D eigenvalue weighted by atomic mass is 10.1. The number of hydrogen-bond donors (Lipinski definition) is 1. The van der Waals surface area contributed by atoms with Crippen molar-refractivity contribution in [3.63, 3.8) is 0 Å². The molecular formula is C16H17N5. The summed E-state index contributed by atoms with van der Waals surface area (Å²) in [7, 11) is 0. The fourth-order valence-corrected chi connectivity index (χ4v) is 2.37. The Balaban J connectivity index is 1.94. The minimum absolute atomic E-state index is 0.663. The average Bonchev–Trinajstić information content (AvgIpc) is 2.97. The number of nitrogen functional groups attached to an aromatic ring is 1. The van der Waals surface area contributed by atoms with Crippen LogP contribution in [0.5, 0.6) is 0 Å². The van der Waals surface area contributed by atoms with E-state index >= 15 is 0 Å². The highest BCUT2D eigenvalue weighted by Gasteiger charge is 2.10. The van der Waals surface area contributed by atoms with E-state index in [2.05, 4.69) is 40.6 Å². The normalized spacial score (nSPS) is 10.7. The van der Waals surface area contributed by atoms with Gasteiger partial charge in [-0.05, 0) is 52.2 Å². The van der Waals surface area contributed by atoms with Crippen molar-refractivity contribution in [2.45, 2.75) is 19.9 Å². The second-order valence-corrected chi connectivity index (χ2v) is 4.90. The molecule has 21 heavy (non-hydrogen) atoms. The van der Waals surface area contributed by atoms with Gasteiger partial charge in [0, 0.05) is 11.3 Å². The van der Waals surface area contributed by atoms with Crippen LogP contribution in [0.25, 0.3) is 11.4 Å². The van der Waals surface area contributed by atoms with E-state index in [0.29, 0.717) is 6.54 Å². The third-order valence-corrected chi connectivity index (χ3v) is 3.52. The molecule has 5 nitrogen and oxygen atoms in total. The maximum atomic E-state index is 5.72. The van der Waals surface area contributed by atoms with Crippen LogP contribution >= 0.6 is 0 Å². The van der Waals surface area contributed by atoms with Crippen LogP contribution in [0, 0.1) is 0 Å². The highest BCUT2D eigenvalue weighted by atomic mass is 15.5. The van der Waals surface area contributed by atoms with E-state index in [9.17, 15) is 0 Å². The number of tetrazole rings is 1. The molecule has 0 unspecified atom stereocenters. The standard InChI is InChI=1S/C16H17N5/c1-2-12-5-3-4-6-14(12)11-21-16(18-19-20-21)13-7-9-15(17)10-8-13/h3-10H,2,11,17H2,1H3. The van der Waals surface area contributed by atoms with Crippen LogP contribution < -0.4 is 5.73 Å². The predicted molar refractivity (Wildman–Crippen MR) is 82.6 cm³/mol. The van der Waals surface area contributed by atoms with Gasteiger partial charge in [-0.25, -0.2) is 4.68 Å². The number of rotatable bonds is 4. The first-order chi connectivity index (χ1) is 10.3. The van der Waals surface area contributed by atoms with E-state index in [1.807, 2.05) is 35.0 Å². The second-order valence-electron chi connectivity index (χ2n) is 4.90. The maximum absolute atomic E-state index is 5.72. The number of anilines is 1. The Hall–Kier alpha value is -2.69. The summed E-state index contributed by atoms with van der Waals surface area (Å²) in [6, 6.07) is 15.9. The van der Waals surface area contributed by atoms with Gasteiger partial charge in [0.05, 0.1) is 6.54 Å². The molecule has 5 heteroatoms. The molecule has 0 fully saturated rings. The molecule has 0 saturated carbocycles. The van der Waals surface area contributed by atoms with Crippen LogP contribution in [-0.4, -0.2) is 20.2 Å². The van der Waals surface area contributed by atoms with E-state index < -0.39 is 0 Å². The Morgan fingerprint density at radius 3 is 2.43 bits per heavy atom. The highest BCUT2D eigenvalue weighted by Crippen LogP contribution is 2.19. The van der Waals surface area contributed by atoms with Gasteiger partial charge >= 0.3 is 0 Å². The fraction of sp³-hybridized carbons (Fsp3) is 0.188. The molecule has 0 aliphatic rings. The van der Waals surface area contributed by atoms with Crippen molar-refractivity contribution in [1.29, 1.82) is 0 Å². The van der Waals surface area contributed by atoms with Crippen LogP contribution in [0.4, 0.5) is 5.69 Å². The predicted octanol–water partition coefficient (Wildman–Crippen LogP) is 2.53. The van der Waals surface area contributed by atoms with Crippen molar-refractivity contribution < 1.29 is 0 Å². The molecule has 106 valence electrons. The zero-order valence-corrected chi connectivity index (χ0v) is 11.9. The van der Waals surface area contributed by atoms with Gasteiger partial charge in [0.15, 0.2) is 5.82 Å². The van der Waals surface area contributed by atoms with Gasteiger partial charge in [0.1, 0.15) is 0 Å². The van der Waals surface area contributed by atoms with E-state index in [0.717, 1.165) is 23.5 Å². The first-order valence-corrected chi connectivity index (χ1v) is 6.97. The molecule has 0 aliphatic carbocycles. The number of nitrogens with zero attached hydrogens (tertiary/aromatic N) is 4. The second kappa shape index (κ2) is 5.75.